The second kappa shape index (κ2) is 6.60. The maximum atomic E-state index is 13.6. The lowest BCUT2D eigenvalue weighted by Gasteiger charge is -2.19. The van der Waals surface area contributed by atoms with Crippen LogP contribution in [0.15, 0.2) is 36.5 Å². The minimum Gasteiger partial charge on any atom is -0.454 e. The first-order chi connectivity index (χ1) is 10.7. The van der Waals surface area contributed by atoms with E-state index >= 15 is 0 Å². The number of aromatic nitrogens is 1. The third kappa shape index (κ3) is 5.21. The number of amides is 1. The Balaban J connectivity index is 2.09. The predicted octanol–water partition coefficient (Wildman–Crippen LogP) is 4.50. The van der Waals surface area contributed by atoms with Gasteiger partial charge in [-0.05, 0) is 39.0 Å². The molecule has 0 bridgehead atoms. The van der Waals surface area contributed by atoms with Gasteiger partial charge in [-0.3, -0.25) is 5.32 Å². The van der Waals surface area contributed by atoms with E-state index < -0.39 is 23.3 Å². The van der Waals surface area contributed by atoms with Crippen molar-refractivity contribution in [3.63, 3.8) is 0 Å². The smallest absolute Gasteiger partial charge is 0.413 e. The van der Waals surface area contributed by atoms with Gasteiger partial charge in [-0.15, -0.1) is 0 Å². The van der Waals surface area contributed by atoms with Crippen LogP contribution in [-0.4, -0.2) is 16.7 Å². The molecular weight excluding hydrogens is 306 g/mol. The molecule has 0 saturated carbocycles. The van der Waals surface area contributed by atoms with Crippen molar-refractivity contribution >= 4 is 11.9 Å². The van der Waals surface area contributed by atoms with Crippen molar-refractivity contribution < 1.29 is 23.0 Å². The first-order valence-electron chi connectivity index (χ1n) is 6.82. The van der Waals surface area contributed by atoms with E-state index in [-0.39, 0.29) is 17.3 Å². The number of carbonyl (C=O) groups excluding carboxylic acids is 1. The van der Waals surface area contributed by atoms with E-state index in [1.165, 1.54) is 24.4 Å². The molecule has 23 heavy (non-hydrogen) atoms. The number of carbonyl (C=O) groups is 1. The number of anilines is 1. The lowest BCUT2D eigenvalue weighted by atomic mass is 10.2. The van der Waals surface area contributed by atoms with Gasteiger partial charge in [0.05, 0.1) is 0 Å². The summed E-state index contributed by atoms with van der Waals surface area (Å²) in [6, 6.07) is 5.84. The second-order valence-electron chi connectivity index (χ2n) is 5.68. The Morgan fingerprint density at radius 3 is 2.57 bits per heavy atom. The van der Waals surface area contributed by atoms with Crippen LogP contribution in [0.2, 0.25) is 0 Å². The monoisotopic (exact) mass is 322 g/mol. The third-order valence-electron chi connectivity index (χ3n) is 2.48. The van der Waals surface area contributed by atoms with Gasteiger partial charge >= 0.3 is 6.09 Å². The lowest BCUT2D eigenvalue weighted by Crippen LogP contribution is -2.27. The summed E-state index contributed by atoms with van der Waals surface area (Å²) in [5.41, 5.74) is -0.643. The van der Waals surface area contributed by atoms with Crippen molar-refractivity contribution in [3.05, 3.63) is 48.2 Å². The molecule has 0 radical (unpaired) electrons. The minimum absolute atomic E-state index is 0.138. The van der Waals surface area contributed by atoms with E-state index in [4.69, 9.17) is 9.47 Å². The van der Waals surface area contributed by atoms with Gasteiger partial charge in [0, 0.05) is 18.3 Å². The Morgan fingerprint density at radius 1 is 1.17 bits per heavy atom. The zero-order valence-corrected chi connectivity index (χ0v) is 12.9. The van der Waals surface area contributed by atoms with Gasteiger partial charge in [0.1, 0.15) is 23.0 Å². The van der Waals surface area contributed by atoms with Gasteiger partial charge in [-0.2, -0.15) is 0 Å². The lowest BCUT2D eigenvalue weighted by molar-refractivity contribution is 0.0635. The maximum Gasteiger partial charge on any atom is 0.413 e. The highest BCUT2D eigenvalue weighted by molar-refractivity contribution is 5.83. The molecule has 1 amide bonds. The van der Waals surface area contributed by atoms with Crippen LogP contribution in [0.4, 0.5) is 19.4 Å². The summed E-state index contributed by atoms with van der Waals surface area (Å²) < 4.78 is 36.8. The van der Waals surface area contributed by atoms with Crippen LogP contribution in [0, 0.1) is 11.6 Å². The molecule has 1 heterocycles. The molecule has 1 N–H and O–H groups in total. The SMILES string of the molecule is CC(C)(C)OC(=O)Nc1cc(Oc2ccc(F)cc2F)ccn1. The fourth-order valence-corrected chi connectivity index (χ4v) is 1.64. The van der Waals surface area contributed by atoms with Crippen LogP contribution >= 0.6 is 0 Å². The summed E-state index contributed by atoms with van der Waals surface area (Å²) in [5.74, 6) is -1.25. The first kappa shape index (κ1) is 16.7. The van der Waals surface area contributed by atoms with E-state index in [1.807, 2.05) is 0 Å². The standard InChI is InChI=1S/C16H16F2N2O3/c1-16(2,3)23-15(21)20-14-9-11(6-7-19-14)22-13-5-4-10(17)8-12(13)18/h4-9H,1-3H3,(H,19,20,21). The van der Waals surface area contributed by atoms with Crippen LogP contribution in [0.25, 0.3) is 0 Å². The van der Waals surface area contributed by atoms with Crippen molar-refractivity contribution in [2.24, 2.45) is 0 Å². The summed E-state index contributed by atoms with van der Waals surface area (Å²) in [6.07, 6.45) is 0.707. The molecular formula is C16H16F2N2O3. The molecule has 0 atom stereocenters. The molecule has 122 valence electrons. The Hall–Kier alpha value is -2.70. The largest absolute Gasteiger partial charge is 0.454 e. The summed E-state index contributed by atoms with van der Waals surface area (Å²) >= 11 is 0. The zero-order chi connectivity index (χ0) is 17.0. The average molecular weight is 322 g/mol. The molecule has 7 heteroatoms. The van der Waals surface area contributed by atoms with E-state index in [2.05, 4.69) is 10.3 Å². The molecule has 0 saturated heterocycles. The minimum atomic E-state index is -0.830. The topological polar surface area (TPSA) is 60.5 Å². The number of rotatable bonds is 3. The molecule has 1 aromatic heterocycles. The molecule has 5 nitrogen and oxygen atoms in total. The van der Waals surface area contributed by atoms with Crippen LogP contribution in [0.1, 0.15) is 20.8 Å². The van der Waals surface area contributed by atoms with E-state index in [9.17, 15) is 13.6 Å². The van der Waals surface area contributed by atoms with Gasteiger partial charge in [0.15, 0.2) is 11.6 Å². The second-order valence-corrected chi connectivity index (χ2v) is 5.68. The molecule has 0 unspecified atom stereocenters. The van der Waals surface area contributed by atoms with Crippen molar-refractivity contribution in [3.8, 4) is 11.5 Å². The number of hydrogen-bond donors (Lipinski definition) is 1. The molecule has 0 aliphatic carbocycles. The Bertz CT molecular complexity index is 715. The van der Waals surface area contributed by atoms with Crippen molar-refractivity contribution in [1.82, 2.24) is 4.98 Å². The summed E-state index contributed by atoms with van der Waals surface area (Å²) in [4.78, 5) is 15.6. The fourth-order valence-electron chi connectivity index (χ4n) is 1.64. The molecule has 0 spiro atoms. The Kier molecular flexibility index (Phi) is 4.78. The Morgan fingerprint density at radius 2 is 1.91 bits per heavy atom. The van der Waals surface area contributed by atoms with E-state index in [0.717, 1.165) is 12.1 Å². The average Bonchev–Trinajstić information content (AvgIpc) is 2.40. The highest BCUT2D eigenvalue weighted by Gasteiger charge is 2.16. The van der Waals surface area contributed by atoms with Gasteiger partial charge in [-0.1, -0.05) is 0 Å². The van der Waals surface area contributed by atoms with Crippen LogP contribution in [0.3, 0.4) is 0 Å². The number of benzene rings is 1. The van der Waals surface area contributed by atoms with Crippen molar-refractivity contribution in [2.45, 2.75) is 26.4 Å². The highest BCUT2D eigenvalue weighted by atomic mass is 19.1. The zero-order valence-electron chi connectivity index (χ0n) is 12.9. The maximum absolute atomic E-state index is 13.6. The number of halogens is 2. The molecule has 2 rings (SSSR count). The van der Waals surface area contributed by atoms with Crippen LogP contribution in [-0.2, 0) is 4.74 Å². The summed E-state index contributed by atoms with van der Waals surface area (Å²) in [7, 11) is 0. The van der Waals surface area contributed by atoms with Gasteiger partial charge < -0.3 is 9.47 Å². The predicted molar refractivity (Wildman–Crippen MR) is 80.5 cm³/mol. The number of pyridine rings is 1. The molecule has 0 aliphatic heterocycles. The summed E-state index contributed by atoms with van der Waals surface area (Å²) in [5, 5.41) is 2.44. The van der Waals surface area contributed by atoms with Gasteiger partial charge in [-0.25, -0.2) is 18.6 Å². The van der Waals surface area contributed by atoms with Crippen molar-refractivity contribution in [1.29, 1.82) is 0 Å². The van der Waals surface area contributed by atoms with Crippen molar-refractivity contribution in [2.75, 3.05) is 5.32 Å². The Labute approximate surface area is 132 Å². The summed E-state index contributed by atoms with van der Waals surface area (Å²) in [6.45, 7) is 5.20. The quantitative estimate of drug-likeness (QED) is 0.904. The molecule has 1 aromatic carbocycles. The van der Waals surface area contributed by atoms with Crippen LogP contribution < -0.4 is 10.1 Å². The first-order valence-corrected chi connectivity index (χ1v) is 6.82. The number of ether oxygens (including phenoxy) is 2. The van der Waals surface area contributed by atoms with E-state index in [0.29, 0.717) is 0 Å². The molecule has 0 aliphatic rings. The van der Waals surface area contributed by atoms with Crippen LogP contribution in [0.5, 0.6) is 11.5 Å². The fraction of sp³-hybridized carbons (Fsp3) is 0.250. The van der Waals surface area contributed by atoms with Gasteiger partial charge in [0.2, 0.25) is 0 Å². The number of nitrogens with one attached hydrogen (secondary N) is 1. The molecule has 2 aromatic rings. The normalized spacial score (nSPS) is 11.0. The van der Waals surface area contributed by atoms with Gasteiger partial charge in [0.25, 0.3) is 0 Å². The van der Waals surface area contributed by atoms with E-state index in [1.54, 1.807) is 20.8 Å². The number of nitrogens with zero attached hydrogens (tertiary/aromatic N) is 1. The number of hydrogen-bond acceptors (Lipinski definition) is 4. The highest BCUT2D eigenvalue weighted by Crippen LogP contribution is 2.26. The third-order valence-corrected chi connectivity index (χ3v) is 2.48. The molecule has 0 fully saturated rings.